The molecule has 2 aromatic carbocycles. The van der Waals surface area contributed by atoms with Gasteiger partial charge in [-0.05, 0) is 56.5 Å². The number of pyridine rings is 1. The number of carbonyl (C=O) groups excluding carboxylic acids is 1. The number of anilines is 2. The molecule has 0 saturated carbocycles. The lowest BCUT2D eigenvalue weighted by Crippen LogP contribution is -2.32. The second-order valence-corrected chi connectivity index (χ2v) is 9.65. The summed E-state index contributed by atoms with van der Waals surface area (Å²) in [6.45, 7) is 7.49. The van der Waals surface area contributed by atoms with Crippen molar-refractivity contribution in [3.8, 4) is 0 Å². The number of ether oxygens (including phenoxy) is 1. The van der Waals surface area contributed by atoms with Crippen LogP contribution in [0.1, 0.15) is 37.7 Å². The van der Waals surface area contributed by atoms with Gasteiger partial charge in [0.2, 0.25) is 0 Å². The molecule has 0 spiro atoms. The Balaban J connectivity index is 1.64. The van der Waals surface area contributed by atoms with Crippen LogP contribution in [0, 0.1) is 0 Å². The highest BCUT2D eigenvalue weighted by atomic mass is 16.5. The summed E-state index contributed by atoms with van der Waals surface area (Å²) in [7, 11) is 0. The highest BCUT2D eigenvalue weighted by molar-refractivity contribution is 6.06. The number of hydrogen-bond acceptors (Lipinski definition) is 7. The molecular formula is C27H35N7O3. The van der Waals surface area contributed by atoms with Crippen LogP contribution in [0.4, 0.5) is 16.3 Å². The number of amides is 2. The van der Waals surface area contributed by atoms with Crippen LogP contribution in [0.2, 0.25) is 0 Å². The fourth-order valence-electron chi connectivity index (χ4n) is 4.28. The van der Waals surface area contributed by atoms with Crippen molar-refractivity contribution in [3.05, 3.63) is 59.4 Å². The molecule has 0 bridgehead atoms. The molecule has 10 heteroatoms. The molecule has 10 nitrogen and oxygen atoms in total. The maximum absolute atomic E-state index is 11.8. The SMILES string of the molecule is CCOCc1nc2c(N)nc3cc(Cc4ccc(NC(=O)NCCN)cc4)ccc3c2n1CC(C)(C)O. The third-order valence-electron chi connectivity index (χ3n) is 5.88. The van der Waals surface area contributed by atoms with E-state index in [-0.39, 0.29) is 6.03 Å². The monoisotopic (exact) mass is 505 g/mol. The van der Waals surface area contributed by atoms with Crippen molar-refractivity contribution in [1.29, 1.82) is 0 Å². The summed E-state index contributed by atoms with van der Waals surface area (Å²) < 4.78 is 7.62. The van der Waals surface area contributed by atoms with Gasteiger partial charge in [-0.15, -0.1) is 0 Å². The third kappa shape index (κ3) is 6.34. The van der Waals surface area contributed by atoms with Crippen LogP contribution in [-0.4, -0.2) is 51.0 Å². The molecule has 2 heterocycles. The number of aliphatic hydroxyl groups is 1. The molecule has 2 aromatic heterocycles. The number of rotatable bonds is 10. The van der Waals surface area contributed by atoms with Gasteiger partial charge in [0.1, 0.15) is 17.9 Å². The van der Waals surface area contributed by atoms with Gasteiger partial charge in [0.15, 0.2) is 5.82 Å². The molecule has 0 atom stereocenters. The topological polar surface area (TPSA) is 153 Å². The Morgan fingerprint density at radius 1 is 1.14 bits per heavy atom. The standard InChI is InChI=1S/C27H35N7O3/c1-4-37-15-22-33-23-24(34(22)16-27(2,3)36)20-10-7-18(14-21(20)32-25(23)29)13-17-5-8-19(9-6-17)31-26(35)30-12-11-28/h5-10,14,36H,4,11-13,15-16,28H2,1-3H3,(H2,29,32)(H2,30,31,35). The van der Waals surface area contributed by atoms with Crippen molar-refractivity contribution in [3.63, 3.8) is 0 Å². The lowest BCUT2D eigenvalue weighted by Gasteiger charge is -2.20. The first kappa shape index (κ1) is 26.3. The van der Waals surface area contributed by atoms with E-state index >= 15 is 0 Å². The number of nitrogens with zero attached hydrogens (tertiary/aromatic N) is 3. The summed E-state index contributed by atoms with van der Waals surface area (Å²) >= 11 is 0. The van der Waals surface area contributed by atoms with Crippen LogP contribution < -0.4 is 22.1 Å². The summed E-state index contributed by atoms with van der Waals surface area (Å²) in [5.41, 5.74) is 15.9. The minimum atomic E-state index is -0.953. The Kier molecular flexibility index (Phi) is 7.91. The van der Waals surface area contributed by atoms with Gasteiger partial charge in [0, 0.05) is 30.8 Å². The van der Waals surface area contributed by atoms with E-state index in [1.165, 1.54) is 0 Å². The lowest BCUT2D eigenvalue weighted by molar-refractivity contribution is 0.0582. The minimum absolute atomic E-state index is 0.282. The van der Waals surface area contributed by atoms with Crippen LogP contribution in [0.5, 0.6) is 0 Å². The molecule has 4 aromatic rings. The van der Waals surface area contributed by atoms with E-state index in [0.29, 0.717) is 62.1 Å². The first-order valence-electron chi connectivity index (χ1n) is 12.4. The molecule has 0 aliphatic heterocycles. The molecule has 7 N–H and O–H groups in total. The number of imidazole rings is 1. The number of fused-ring (bicyclic) bond motifs is 3. The van der Waals surface area contributed by atoms with Crippen LogP contribution in [0.15, 0.2) is 42.5 Å². The van der Waals surface area contributed by atoms with Gasteiger partial charge in [0.25, 0.3) is 0 Å². The Morgan fingerprint density at radius 2 is 1.86 bits per heavy atom. The van der Waals surface area contributed by atoms with Gasteiger partial charge < -0.3 is 36.5 Å². The van der Waals surface area contributed by atoms with Gasteiger partial charge in [-0.3, -0.25) is 0 Å². The van der Waals surface area contributed by atoms with Crippen LogP contribution in [-0.2, 0) is 24.3 Å². The van der Waals surface area contributed by atoms with E-state index in [9.17, 15) is 9.90 Å². The highest BCUT2D eigenvalue weighted by Crippen LogP contribution is 2.31. The number of nitrogens with one attached hydrogen (secondary N) is 2. The average Bonchev–Trinajstić information content (AvgIpc) is 3.20. The Morgan fingerprint density at radius 3 is 2.54 bits per heavy atom. The second-order valence-electron chi connectivity index (χ2n) is 9.65. The van der Waals surface area contributed by atoms with Gasteiger partial charge >= 0.3 is 6.03 Å². The zero-order valence-electron chi connectivity index (χ0n) is 21.5. The van der Waals surface area contributed by atoms with Crippen molar-refractivity contribution in [2.45, 2.75) is 45.9 Å². The van der Waals surface area contributed by atoms with Crippen molar-refractivity contribution >= 4 is 39.5 Å². The molecule has 4 rings (SSSR count). The zero-order valence-corrected chi connectivity index (χ0v) is 21.5. The Hall–Kier alpha value is -3.73. The molecule has 0 aliphatic carbocycles. The van der Waals surface area contributed by atoms with Crippen molar-refractivity contribution in [2.75, 3.05) is 30.7 Å². The van der Waals surface area contributed by atoms with Crippen LogP contribution in [0.3, 0.4) is 0 Å². The van der Waals surface area contributed by atoms with E-state index in [4.69, 9.17) is 21.2 Å². The number of hydrogen-bond donors (Lipinski definition) is 5. The Bertz CT molecular complexity index is 1390. The van der Waals surface area contributed by atoms with E-state index in [1.54, 1.807) is 13.8 Å². The maximum atomic E-state index is 11.8. The molecule has 2 amide bonds. The number of urea groups is 1. The lowest BCUT2D eigenvalue weighted by atomic mass is 10.0. The number of benzene rings is 2. The largest absolute Gasteiger partial charge is 0.389 e. The van der Waals surface area contributed by atoms with Crippen LogP contribution >= 0.6 is 0 Å². The minimum Gasteiger partial charge on any atom is -0.389 e. The molecule has 0 aliphatic rings. The molecule has 0 saturated heterocycles. The summed E-state index contributed by atoms with van der Waals surface area (Å²) in [4.78, 5) is 21.2. The fraction of sp³-hybridized carbons (Fsp3) is 0.370. The van der Waals surface area contributed by atoms with E-state index in [0.717, 1.165) is 27.5 Å². The van der Waals surface area contributed by atoms with E-state index < -0.39 is 5.60 Å². The number of nitrogens with two attached hydrogens (primary N) is 2. The molecule has 196 valence electrons. The van der Waals surface area contributed by atoms with Gasteiger partial charge in [-0.25, -0.2) is 14.8 Å². The summed E-state index contributed by atoms with van der Waals surface area (Å²) in [5.74, 6) is 1.05. The van der Waals surface area contributed by atoms with Gasteiger partial charge in [0.05, 0.1) is 23.2 Å². The van der Waals surface area contributed by atoms with E-state index in [2.05, 4.69) is 21.7 Å². The van der Waals surface area contributed by atoms with Gasteiger partial charge in [-0.1, -0.05) is 24.3 Å². The first-order chi connectivity index (χ1) is 17.7. The third-order valence-corrected chi connectivity index (χ3v) is 5.88. The van der Waals surface area contributed by atoms with Crippen LogP contribution in [0.25, 0.3) is 21.9 Å². The molecule has 37 heavy (non-hydrogen) atoms. The predicted octanol–water partition coefficient (Wildman–Crippen LogP) is 3.15. The highest BCUT2D eigenvalue weighted by Gasteiger charge is 2.22. The summed E-state index contributed by atoms with van der Waals surface area (Å²) in [6, 6.07) is 13.5. The molecule has 0 radical (unpaired) electrons. The fourth-order valence-corrected chi connectivity index (χ4v) is 4.28. The average molecular weight is 506 g/mol. The smallest absolute Gasteiger partial charge is 0.319 e. The second kappa shape index (κ2) is 11.1. The molecule has 0 fully saturated rings. The summed E-state index contributed by atoms with van der Waals surface area (Å²) in [6.07, 6.45) is 0.688. The Labute approximate surface area is 216 Å². The van der Waals surface area contributed by atoms with Gasteiger partial charge in [-0.2, -0.15) is 0 Å². The zero-order chi connectivity index (χ0) is 26.6. The first-order valence-corrected chi connectivity index (χ1v) is 12.4. The maximum Gasteiger partial charge on any atom is 0.319 e. The number of carbonyl (C=O) groups is 1. The molecule has 0 unspecified atom stereocenters. The van der Waals surface area contributed by atoms with E-state index in [1.807, 2.05) is 47.9 Å². The van der Waals surface area contributed by atoms with Crippen molar-refractivity contribution in [1.82, 2.24) is 19.9 Å². The number of aromatic nitrogens is 3. The van der Waals surface area contributed by atoms with Crippen molar-refractivity contribution in [2.24, 2.45) is 5.73 Å². The predicted molar refractivity (Wildman–Crippen MR) is 146 cm³/mol. The molecular weight excluding hydrogens is 470 g/mol. The quantitative estimate of drug-likeness (QED) is 0.222. The normalized spacial score (nSPS) is 11.8. The summed E-state index contributed by atoms with van der Waals surface area (Å²) in [5, 5.41) is 17.0. The number of nitrogen functional groups attached to an aromatic ring is 1. The van der Waals surface area contributed by atoms with Crippen molar-refractivity contribution < 1.29 is 14.6 Å².